The van der Waals surface area contributed by atoms with Gasteiger partial charge in [0, 0.05) is 12.1 Å². The van der Waals surface area contributed by atoms with Crippen molar-refractivity contribution in [3.63, 3.8) is 0 Å². The van der Waals surface area contributed by atoms with E-state index < -0.39 is 0 Å². The van der Waals surface area contributed by atoms with Gasteiger partial charge < -0.3 is 9.88 Å². The minimum atomic E-state index is 0.360. The first-order chi connectivity index (χ1) is 8.56. The zero-order valence-electron chi connectivity index (χ0n) is 11.4. The summed E-state index contributed by atoms with van der Waals surface area (Å²) in [5.41, 5.74) is 1.87. The third kappa shape index (κ3) is 2.16. The number of nitrogens with one attached hydrogen (secondary N) is 1. The van der Waals surface area contributed by atoms with E-state index in [1.807, 2.05) is 6.26 Å². The Balaban J connectivity index is 2.61. The minimum absolute atomic E-state index is 0.360. The van der Waals surface area contributed by atoms with Crippen LogP contribution < -0.4 is 4.90 Å². The molecule has 18 heavy (non-hydrogen) atoms. The lowest BCUT2D eigenvalue weighted by molar-refractivity contribution is 0.597. The molecule has 1 N–H and O–H groups in total. The van der Waals surface area contributed by atoms with Gasteiger partial charge in [-0.2, -0.15) is 0 Å². The van der Waals surface area contributed by atoms with E-state index in [0.29, 0.717) is 12.1 Å². The Bertz CT molecular complexity index is 526. The Morgan fingerprint density at radius 1 is 1.17 bits per heavy atom. The van der Waals surface area contributed by atoms with Gasteiger partial charge in [-0.05, 0) is 34.0 Å². The fourth-order valence-electron chi connectivity index (χ4n) is 2.22. The van der Waals surface area contributed by atoms with Crippen LogP contribution in [0.25, 0.3) is 11.0 Å². The van der Waals surface area contributed by atoms with E-state index in [1.165, 1.54) is 0 Å². The zero-order valence-corrected chi connectivity index (χ0v) is 12.2. The van der Waals surface area contributed by atoms with Gasteiger partial charge in [-0.15, -0.1) is 22.0 Å². The number of hydrogen-bond donors (Lipinski definition) is 1. The first kappa shape index (κ1) is 13.1. The van der Waals surface area contributed by atoms with E-state index in [0.717, 1.165) is 21.9 Å². The van der Waals surface area contributed by atoms with Crippen molar-refractivity contribution in [2.45, 2.75) is 44.8 Å². The van der Waals surface area contributed by atoms with E-state index in [4.69, 9.17) is 0 Å². The summed E-state index contributed by atoms with van der Waals surface area (Å²) in [7, 11) is 0. The smallest absolute Gasteiger partial charge is 0.180 e. The number of imidazole rings is 1. The number of hydrogen-bond acceptors (Lipinski definition) is 5. The second-order valence-electron chi connectivity index (χ2n) is 4.75. The van der Waals surface area contributed by atoms with Gasteiger partial charge in [0.15, 0.2) is 5.82 Å². The van der Waals surface area contributed by atoms with Crippen molar-refractivity contribution < 1.29 is 0 Å². The summed E-state index contributed by atoms with van der Waals surface area (Å²) in [6.07, 6.45) is 3.70. The molecule has 0 saturated heterocycles. The van der Waals surface area contributed by atoms with Gasteiger partial charge in [0.25, 0.3) is 0 Å². The number of fused-ring (bicyclic) bond motifs is 1. The van der Waals surface area contributed by atoms with Crippen molar-refractivity contribution in [3.05, 3.63) is 6.33 Å². The van der Waals surface area contributed by atoms with E-state index in [9.17, 15) is 0 Å². The average molecular weight is 265 g/mol. The van der Waals surface area contributed by atoms with Crippen molar-refractivity contribution >= 4 is 28.6 Å². The number of nitrogens with zero attached hydrogens (tertiary/aromatic N) is 4. The number of rotatable bonds is 4. The maximum Gasteiger partial charge on any atom is 0.180 e. The molecule has 5 nitrogen and oxygen atoms in total. The van der Waals surface area contributed by atoms with E-state index in [2.05, 4.69) is 52.8 Å². The van der Waals surface area contributed by atoms with Gasteiger partial charge in [0.05, 0.1) is 6.33 Å². The number of thioether (sulfide) groups is 1. The third-order valence-corrected chi connectivity index (χ3v) is 3.52. The Morgan fingerprint density at radius 3 is 2.39 bits per heavy atom. The molecule has 0 fully saturated rings. The monoisotopic (exact) mass is 265 g/mol. The molecule has 2 heterocycles. The average Bonchev–Trinajstić information content (AvgIpc) is 2.77. The summed E-state index contributed by atoms with van der Waals surface area (Å²) in [6.45, 7) is 8.62. The highest BCUT2D eigenvalue weighted by molar-refractivity contribution is 7.98. The topological polar surface area (TPSA) is 57.7 Å². The van der Waals surface area contributed by atoms with Crippen LogP contribution in [0.3, 0.4) is 0 Å². The summed E-state index contributed by atoms with van der Waals surface area (Å²) in [5.74, 6) is 0.856. The van der Waals surface area contributed by atoms with Crippen LogP contribution in [-0.2, 0) is 0 Å². The Hall–Kier alpha value is -1.30. The second-order valence-corrected chi connectivity index (χ2v) is 5.55. The van der Waals surface area contributed by atoms with Crippen molar-refractivity contribution in [3.8, 4) is 0 Å². The maximum atomic E-state index is 4.40. The fraction of sp³-hybridized carbons (Fsp3) is 0.583. The quantitative estimate of drug-likeness (QED) is 0.861. The summed E-state index contributed by atoms with van der Waals surface area (Å²) in [4.78, 5) is 9.79. The summed E-state index contributed by atoms with van der Waals surface area (Å²) in [5, 5.41) is 9.54. The first-order valence-electron chi connectivity index (χ1n) is 6.08. The van der Waals surface area contributed by atoms with Crippen LogP contribution in [0.15, 0.2) is 11.4 Å². The molecule has 2 aromatic rings. The van der Waals surface area contributed by atoms with Gasteiger partial charge >= 0.3 is 0 Å². The molecule has 2 rings (SSSR count). The van der Waals surface area contributed by atoms with Crippen LogP contribution in [0.5, 0.6) is 0 Å². The molecular formula is C12H19N5S. The second kappa shape index (κ2) is 5.14. The predicted molar refractivity (Wildman–Crippen MR) is 76.2 cm³/mol. The number of H-pyrrole nitrogens is 1. The standard InChI is InChI=1S/C12H19N5S/c1-7(2)17(8(3)4)11-9-10(14-6-13-9)12(18-5)16-15-11/h6-8H,1-5H3,(H,13,14). The van der Waals surface area contributed by atoms with Gasteiger partial charge in [0.2, 0.25) is 0 Å². The van der Waals surface area contributed by atoms with Crippen molar-refractivity contribution in [1.82, 2.24) is 20.2 Å². The highest BCUT2D eigenvalue weighted by atomic mass is 32.2. The van der Waals surface area contributed by atoms with Crippen LogP contribution in [0.2, 0.25) is 0 Å². The molecule has 0 amide bonds. The number of anilines is 1. The molecule has 0 radical (unpaired) electrons. The highest BCUT2D eigenvalue weighted by Crippen LogP contribution is 2.29. The lowest BCUT2D eigenvalue weighted by Crippen LogP contribution is -2.38. The molecule has 0 saturated carbocycles. The van der Waals surface area contributed by atoms with Crippen LogP contribution in [0.4, 0.5) is 5.82 Å². The Labute approximate surface area is 111 Å². The zero-order chi connectivity index (χ0) is 13.3. The molecule has 0 spiro atoms. The lowest BCUT2D eigenvalue weighted by atomic mass is 10.2. The minimum Gasteiger partial charge on any atom is -0.348 e. The number of aromatic nitrogens is 4. The van der Waals surface area contributed by atoms with E-state index >= 15 is 0 Å². The van der Waals surface area contributed by atoms with E-state index in [-0.39, 0.29) is 0 Å². The first-order valence-corrected chi connectivity index (χ1v) is 7.30. The van der Waals surface area contributed by atoms with Crippen molar-refractivity contribution in [1.29, 1.82) is 0 Å². The summed E-state index contributed by atoms with van der Waals surface area (Å²) < 4.78 is 0. The molecule has 98 valence electrons. The molecule has 0 aliphatic rings. The Morgan fingerprint density at radius 2 is 1.83 bits per heavy atom. The van der Waals surface area contributed by atoms with Crippen molar-refractivity contribution in [2.75, 3.05) is 11.2 Å². The fourth-order valence-corrected chi connectivity index (χ4v) is 2.70. The molecule has 0 atom stereocenters. The van der Waals surface area contributed by atoms with Crippen LogP contribution in [0.1, 0.15) is 27.7 Å². The molecule has 0 unspecified atom stereocenters. The molecular weight excluding hydrogens is 246 g/mol. The van der Waals surface area contributed by atoms with Gasteiger partial charge in [0.1, 0.15) is 16.1 Å². The van der Waals surface area contributed by atoms with E-state index in [1.54, 1.807) is 18.1 Å². The van der Waals surface area contributed by atoms with Gasteiger partial charge in [-0.1, -0.05) is 0 Å². The van der Waals surface area contributed by atoms with Crippen LogP contribution >= 0.6 is 11.8 Å². The van der Waals surface area contributed by atoms with Gasteiger partial charge in [-0.3, -0.25) is 0 Å². The molecule has 0 aliphatic carbocycles. The summed E-state index contributed by atoms with van der Waals surface area (Å²) >= 11 is 1.58. The highest BCUT2D eigenvalue weighted by Gasteiger charge is 2.21. The molecule has 0 bridgehead atoms. The molecule has 6 heteroatoms. The molecule has 0 aliphatic heterocycles. The van der Waals surface area contributed by atoms with Gasteiger partial charge in [-0.25, -0.2) is 4.98 Å². The Kier molecular flexibility index (Phi) is 3.75. The molecule has 2 aromatic heterocycles. The molecule has 0 aromatic carbocycles. The third-order valence-electron chi connectivity index (χ3n) is 2.85. The predicted octanol–water partition coefficient (Wildman–Crippen LogP) is 2.70. The van der Waals surface area contributed by atoms with Crippen molar-refractivity contribution in [2.24, 2.45) is 0 Å². The van der Waals surface area contributed by atoms with Crippen LogP contribution in [0, 0.1) is 0 Å². The van der Waals surface area contributed by atoms with Crippen LogP contribution in [-0.4, -0.2) is 38.5 Å². The summed E-state index contributed by atoms with van der Waals surface area (Å²) in [6, 6.07) is 0.721. The largest absolute Gasteiger partial charge is 0.348 e. The lowest BCUT2D eigenvalue weighted by Gasteiger charge is -2.31. The normalized spacial score (nSPS) is 11.7. The maximum absolute atomic E-state index is 4.40. The SMILES string of the molecule is CSc1nnc(N(C(C)C)C(C)C)c2nc[nH]c12. The number of aromatic amines is 1.